The number of nitrogens with two attached hydrogens (primary N) is 1. The molecule has 0 radical (unpaired) electrons. The Balaban J connectivity index is 1.91. The Hall–Kier alpha value is -2.51. The molecule has 8 nitrogen and oxygen atoms in total. The Labute approximate surface area is 153 Å². The molecule has 0 fully saturated rings. The number of fused-ring (bicyclic) bond motifs is 1. The fourth-order valence-corrected chi connectivity index (χ4v) is 3.50. The first-order chi connectivity index (χ1) is 12.3. The summed E-state index contributed by atoms with van der Waals surface area (Å²) < 4.78 is 2.16. The Morgan fingerprint density at radius 1 is 1.27 bits per heavy atom. The number of nitrogen functional groups attached to an aromatic ring is 1. The summed E-state index contributed by atoms with van der Waals surface area (Å²) in [5.41, 5.74) is 6.93. The molecule has 2 N–H and O–H groups in total. The lowest BCUT2D eigenvalue weighted by Crippen LogP contribution is -2.42. The molecule has 1 aliphatic rings. The average molecular weight is 357 g/mol. The zero-order valence-corrected chi connectivity index (χ0v) is 16.1. The van der Waals surface area contributed by atoms with Crippen LogP contribution in [-0.4, -0.2) is 42.1 Å². The van der Waals surface area contributed by atoms with E-state index in [1.165, 1.54) is 0 Å². The molecule has 0 aliphatic carbocycles. The van der Waals surface area contributed by atoms with E-state index in [2.05, 4.69) is 38.6 Å². The summed E-state index contributed by atoms with van der Waals surface area (Å²) in [6, 6.07) is 1.91. The number of rotatable bonds is 4. The predicted octanol–water partition coefficient (Wildman–Crippen LogP) is 2.33. The van der Waals surface area contributed by atoms with E-state index < -0.39 is 0 Å². The van der Waals surface area contributed by atoms with Gasteiger partial charge in [0, 0.05) is 12.2 Å². The molecule has 0 unspecified atom stereocenters. The zero-order chi connectivity index (χ0) is 19.0. The number of amides is 1. The molecule has 140 valence electrons. The van der Waals surface area contributed by atoms with E-state index in [0.717, 1.165) is 23.8 Å². The third-order valence-electron chi connectivity index (χ3n) is 4.67. The van der Waals surface area contributed by atoms with Crippen LogP contribution in [-0.2, 0) is 6.54 Å². The number of hydrogen-bond donors (Lipinski definition) is 1. The highest BCUT2D eigenvalue weighted by molar-refractivity contribution is 5.92. The van der Waals surface area contributed by atoms with Gasteiger partial charge in [-0.05, 0) is 31.2 Å². The number of aromatic nitrogens is 5. The van der Waals surface area contributed by atoms with Crippen molar-refractivity contribution in [2.75, 3.05) is 12.3 Å². The number of carbonyl (C=O) groups is 1. The van der Waals surface area contributed by atoms with E-state index in [-0.39, 0.29) is 23.8 Å². The van der Waals surface area contributed by atoms with Gasteiger partial charge in [-0.2, -0.15) is 0 Å². The fraction of sp³-hybridized carbons (Fsp3) is 0.611. The average Bonchev–Trinajstić information content (AvgIpc) is 2.94. The third kappa shape index (κ3) is 3.54. The minimum atomic E-state index is -0.137. The van der Waals surface area contributed by atoms with Gasteiger partial charge in [0.2, 0.25) is 5.95 Å². The minimum Gasteiger partial charge on any atom is -0.368 e. The van der Waals surface area contributed by atoms with Gasteiger partial charge in [0.05, 0.1) is 12.6 Å². The first-order valence-corrected chi connectivity index (χ1v) is 9.10. The van der Waals surface area contributed by atoms with Crippen LogP contribution in [0.3, 0.4) is 0 Å². The van der Waals surface area contributed by atoms with Crippen LogP contribution in [0.2, 0.25) is 0 Å². The van der Waals surface area contributed by atoms with Crippen LogP contribution in [0.15, 0.2) is 6.07 Å². The highest BCUT2D eigenvalue weighted by atomic mass is 16.2. The number of carbonyl (C=O) groups excluding carboxylic acids is 1. The van der Waals surface area contributed by atoms with Crippen molar-refractivity contribution in [1.29, 1.82) is 0 Å². The van der Waals surface area contributed by atoms with Crippen molar-refractivity contribution in [1.82, 2.24) is 29.6 Å². The molecule has 3 rings (SSSR count). The molecule has 0 aromatic carbocycles. The first-order valence-electron chi connectivity index (χ1n) is 9.10. The molecule has 1 aliphatic heterocycles. The van der Waals surface area contributed by atoms with Gasteiger partial charge in [-0.3, -0.25) is 4.79 Å². The highest BCUT2D eigenvalue weighted by Gasteiger charge is 2.32. The van der Waals surface area contributed by atoms with Gasteiger partial charge in [-0.15, -0.1) is 10.2 Å². The Kier molecular flexibility index (Phi) is 4.93. The van der Waals surface area contributed by atoms with Crippen molar-refractivity contribution in [3.63, 3.8) is 0 Å². The van der Waals surface area contributed by atoms with E-state index in [0.29, 0.717) is 24.7 Å². The second kappa shape index (κ2) is 7.01. The van der Waals surface area contributed by atoms with Crippen molar-refractivity contribution in [3.05, 3.63) is 29.1 Å². The number of aryl methyl sites for hydroxylation is 1. The smallest absolute Gasteiger partial charge is 0.273 e. The summed E-state index contributed by atoms with van der Waals surface area (Å²) in [5, 5.41) is 8.47. The summed E-state index contributed by atoms with van der Waals surface area (Å²) >= 11 is 0. The lowest BCUT2D eigenvalue weighted by atomic mass is 10.0. The Morgan fingerprint density at radius 2 is 2.00 bits per heavy atom. The second-order valence-electron chi connectivity index (χ2n) is 7.69. The van der Waals surface area contributed by atoms with Crippen LogP contribution in [0, 0.1) is 12.8 Å². The second-order valence-corrected chi connectivity index (χ2v) is 7.69. The van der Waals surface area contributed by atoms with Crippen LogP contribution in [0.5, 0.6) is 0 Å². The van der Waals surface area contributed by atoms with Gasteiger partial charge < -0.3 is 15.2 Å². The maximum Gasteiger partial charge on any atom is 0.273 e. The van der Waals surface area contributed by atoms with Crippen LogP contribution in [0.4, 0.5) is 5.95 Å². The molecule has 2 aromatic rings. The van der Waals surface area contributed by atoms with Crippen molar-refractivity contribution in [2.24, 2.45) is 5.92 Å². The van der Waals surface area contributed by atoms with Gasteiger partial charge in [-0.1, -0.05) is 27.7 Å². The lowest BCUT2D eigenvalue weighted by Gasteiger charge is -2.35. The van der Waals surface area contributed by atoms with Crippen molar-refractivity contribution in [2.45, 2.75) is 59.5 Å². The molecule has 0 bridgehead atoms. The molecule has 0 saturated heterocycles. The van der Waals surface area contributed by atoms with E-state index in [9.17, 15) is 4.79 Å². The summed E-state index contributed by atoms with van der Waals surface area (Å²) in [7, 11) is 0. The van der Waals surface area contributed by atoms with Crippen LogP contribution in [0.1, 0.15) is 73.9 Å². The molecular formula is C18H27N7O. The molecule has 26 heavy (non-hydrogen) atoms. The highest BCUT2D eigenvalue weighted by Crippen LogP contribution is 2.28. The van der Waals surface area contributed by atoms with Crippen molar-refractivity contribution in [3.8, 4) is 0 Å². The molecule has 1 amide bonds. The molecule has 1 atom stereocenters. The number of anilines is 1. The molecular weight excluding hydrogens is 330 g/mol. The third-order valence-corrected chi connectivity index (χ3v) is 4.67. The van der Waals surface area contributed by atoms with Crippen molar-refractivity contribution >= 4 is 11.9 Å². The van der Waals surface area contributed by atoms with E-state index >= 15 is 0 Å². The largest absolute Gasteiger partial charge is 0.368 e. The van der Waals surface area contributed by atoms with E-state index in [4.69, 9.17) is 5.73 Å². The van der Waals surface area contributed by atoms with Gasteiger partial charge in [0.15, 0.2) is 5.82 Å². The first kappa shape index (κ1) is 18.3. The van der Waals surface area contributed by atoms with Crippen molar-refractivity contribution < 1.29 is 4.79 Å². The quantitative estimate of drug-likeness (QED) is 0.901. The van der Waals surface area contributed by atoms with Gasteiger partial charge in [-0.25, -0.2) is 9.97 Å². The Bertz CT molecular complexity index is 812. The topological polar surface area (TPSA) is 103 Å². The maximum atomic E-state index is 13.1. The van der Waals surface area contributed by atoms with Crippen LogP contribution < -0.4 is 5.73 Å². The summed E-state index contributed by atoms with van der Waals surface area (Å²) in [6.45, 7) is 11.4. The van der Waals surface area contributed by atoms with Crippen LogP contribution >= 0.6 is 0 Å². The summed E-state index contributed by atoms with van der Waals surface area (Å²) in [5.74, 6) is 2.39. The lowest BCUT2D eigenvalue weighted by molar-refractivity contribution is 0.0654. The van der Waals surface area contributed by atoms with Gasteiger partial charge in [0.1, 0.15) is 11.5 Å². The number of nitrogens with zero attached hydrogens (tertiary/aromatic N) is 6. The van der Waals surface area contributed by atoms with Crippen LogP contribution in [0.25, 0.3) is 0 Å². The molecule has 8 heteroatoms. The van der Waals surface area contributed by atoms with Gasteiger partial charge in [0.25, 0.3) is 5.91 Å². The molecule has 0 saturated carbocycles. The summed E-state index contributed by atoms with van der Waals surface area (Å²) in [4.78, 5) is 23.3. The summed E-state index contributed by atoms with van der Waals surface area (Å²) in [6.07, 6.45) is 0.957. The predicted molar refractivity (Wildman–Crippen MR) is 98.5 cm³/mol. The number of hydrogen-bond acceptors (Lipinski definition) is 6. The maximum absolute atomic E-state index is 13.1. The zero-order valence-electron chi connectivity index (χ0n) is 16.1. The Morgan fingerprint density at radius 3 is 2.65 bits per heavy atom. The normalized spacial score (nSPS) is 17.0. The molecule has 2 aromatic heterocycles. The van der Waals surface area contributed by atoms with Gasteiger partial charge >= 0.3 is 0 Å². The molecule has 3 heterocycles. The monoisotopic (exact) mass is 357 g/mol. The minimum absolute atomic E-state index is 0.134. The fourth-order valence-electron chi connectivity index (χ4n) is 3.50. The standard InChI is InChI=1S/C18H27N7O/c1-10(2)6-13-8-24(9-16-23-22-12(5)25(13)16)17(26)15-7-14(11(3)4)20-18(19)21-15/h7,10-11,13H,6,8-9H2,1-5H3,(H2,19,20,21)/t13-/m0/s1. The van der Waals surface area contributed by atoms with E-state index in [1.54, 1.807) is 11.0 Å². The SMILES string of the molecule is Cc1nnc2n1[C@@H](CC(C)C)CN(C(=O)c1cc(C(C)C)nc(N)n1)C2. The molecule has 0 spiro atoms. The van der Waals surface area contributed by atoms with E-state index in [1.807, 2.05) is 20.8 Å².